The van der Waals surface area contributed by atoms with Crippen molar-refractivity contribution in [2.45, 2.75) is 32.3 Å². The van der Waals surface area contributed by atoms with Crippen LogP contribution in [0.25, 0.3) is 0 Å². The average molecular weight is 248 g/mol. The molecular formula is C13H16N2O3. The van der Waals surface area contributed by atoms with E-state index < -0.39 is 11.7 Å². The highest BCUT2D eigenvalue weighted by Crippen LogP contribution is 2.27. The van der Waals surface area contributed by atoms with Gasteiger partial charge in [-0.3, -0.25) is 9.78 Å². The van der Waals surface area contributed by atoms with E-state index in [0.717, 1.165) is 5.56 Å². The van der Waals surface area contributed by atoms with Gasteiger partial charge in [0.2, 0.25) is 0 Å². The summed E-state index contributed by atoms with van der Waals surface area (Å²) in [5.74, 6) is -0.246. The van der Waals surface area contributed by atoms with E-state index in [-0.39, 0.29) is 5.91 Å². The van der Waals surface area contributed by atoms with Gasteiger partial charge in [-0.05, 0) is 37.5 Å². The zero-order chi connectivity index (χ0) is 13.2. The molecule has 1 aromatic heterocycles. The van der Waals surface area contributed by atoms with Gasteiger partial charge in [0.15, 0.2) is 5.60 Å². The molecule has 2 heterocycles. The van der Waals surface area contributed by atoms with E-state index in [4.69, 9.17) is 4.74 Å². The van der Waals surface area contributed by atoms with Crippen molar-refractivity contribution in [3.8, 4) is 0 Å². The van der Waals surface area contributed by atoms with Gasteiger partial charge in [-0.15, -0.1) is 0 Å². The zero-order valence-electron chi connectivity index (χ0n) is 10.5. The molecule has 0 saturated carbocycles. The maximum Gasteiger partial charge on any atom is 0.417 e. The molecule has 2 rings (SSSR count). The summed E-state index contributed by atoms with van der Waals surface area (Å²) >= 11 is 0. The first-order valence-electron chi connectivity index (χ1n) is 6.00. The predicted octanol–water partition coefficient (Wildman–Crippen LogP) is 1.77. The van der Waals surface area contributed by atoms with Gasteiger partial charge in [0.05, 0.1) is 0 Å². The lowest BCUT2D eigenvalue weighted by atomic mass is 10.0. The van der Waals surface area contributed by atoms with Gasteiger partial charge in [-0.2, -0.15) is 0 Å². The van der Waals surface area contributed by atoms with Crippen LogP contribution in [0.4, 0.5) is 4.79 Å². The Morgan fingerprint density at radius 1 is 1.33 bits per heavy atom. The van der Waals surface area contributed by atoms with Crippen LogP contribution in [-0.4, -0.2) is 34.0 Å². The van der Waals surface area contributed by atoms with Gasteiger partial charge in [-0.1, -0.05) is 6.92 Å². The standard InChI is InChI=1S/C13H16N2O3/c1-3-13(2)11(16)15(12(17)18-13)9-6-10-4-7-14-8-5-10/h4-5,7-8H,3,6,9H2,1-2H3. The van der Waals surface area contributed by atoms with Crippen molar-refractivity contribution in [3.05, 3.63) is 30.1 Å². The average Bonchev–Trinajstić information content (AvgIpc) is 2.60. The third-order valence-corrected chi connectivity index (χ3v) is 3.28. The molecule has 0 bridgehead atoms. The van der Waals surface area contributed by atoms with Gasteiger partial charge in [0.25, 0.3) is 5.91 Å². The molecule has 0 radical (unpaired) electrons. The summed E-state index contributed by atoms with van der Waals surface area (Å²) in [5, 5.41) is 0. The molecule has 0 N–H and O–H groups in total. The van der Waals surface area contributed by atoms with Crippen LogP contribution in [0.2, 0.25) is 0 Å². The summed E-state index contributed by atoms with van der Waals surface area (Å²) < 4.78 is 5.14. The van der Waals surface area contributed by atoms with Crippen molar-refractivity contribution >= 4 is 12.0 Å². The van der Waals surface area contributed by atoms with Crippen LogP contribution in [0.1, 0.15) is 25.8 Å². The van der Waals surface area contributed by atoms with Gasteiger partial charge in [0, 0.05) is 18.9 Å². The van der Waals surface area contributed by atoms with Crippen LogP contribution in [0.15, 0.2) is 24.5 Å². The third kappa shape index (κ3) is 2.20. The smallest absolute Gasteiger partial charge is 0.417 e. The molecule has 1 aliphatic heterocycles. The lowest BCUT2D eigenvalue weighted by Gasteiger charge is -2.17. The first kappa shape index (κ1) is 12.5. The molecule has 1 atom stereocenters. The highest BCUT2D eigenvalue weighted by atomic mass is 16.6. The number of aromatic nitrogens is 1. The summed E-state index contributed by atoms with van der Waals surface area (Å²) in [4.78, 5) is 28.8. The van der Waals surface area contributed by atoms with Crippen molar-refractivity contribution < 1.29 is 14.3 Å². The zero-order valence-corrected chi connectivity index (χ0v) is 10.5. The molecule has 1 aromatic rings. The summed E-state index contributed by atoms with van der Waals surface area (Å²) in [5.41, 5.74) is 0.0469. The van der Waals surface area contributed by atoms with Crippen LogP contribution in [0.3, 0.4) is 0 Å². The van der Waals surface area contributed by atoms with Crippen LogP contribution >= 0.6 is 0 Å². The molecule has 0 spiro atoms. The summed E-state index contributed by atoms with van der Waals surface area (Å²) in [6.07, 6.45) is 3.94. The van der Waals surface area contributed by atoms with Crippen LogP contribution in [-0.2, 0) is 16.0 Å². The fourth-order valence-electron chi connectivity index (χ4n) is 1.87. The Labute approximate surface area is 106 Å². The molecule has 2 amide bonds. The summed E-state index contributed by atoms with van der Waals surface area (Å²) in [6.45, 7) is 3.83. The van der Waals surface area contributed by atoms with E-state index in [1.54, 1.807) is 19.3 Å². The highest BCUT2D eigenvalue weighted by molar-refractivity contribution is 6.02. The topological polar surface area (TPSA) is 59.5 Å². The molecule has 5 heteroatoms. The van der Waals surface area contributed by atoms with Crippen molar-refractivity contribution in [2.75, 3.05) is 6.54 Å². The lowest BCUT2D eigenvalue weighted by Crippen LogP contribution is -2.38. The fourth-order valence-corrected chi connectivity index (χ4v) is 1.87. The second-order valence-electron chi connectivity index (χ2n) is 4.51. The monoisotopic (exact) mass is 248 g/mol. The second-order valence-corrected chi connectivity index (χ2v) is 4.51. The number of rotatable bonds is 4. The predicted molar refractivity (Wildman–Crippen MR) is 64.8 cm³/mol. The van der Waals surface area contributed by atoms with Crippen molar-refractivity contribution in [2.24, 2.45) is 0 Å². The Morgan fingerprint density at radius 3 is 2.56 bits per heavy atom. The minimum absolute atomic E-state index is 0.246. The minimum atomic E-state index is -0.991. The first-order valence-corrected chi connectivity index (χ1v) is 6.00. The molecule has 18 heavy (non-hydrogen) atoms. The number of cyclic esters (lactones) is 1. The Morgan fingerprint density at radius 2 is 2.00 bits per heavy atom. The van der Waals surface area contributed by atoms with E-state index in [1.165, 1.54) is 4.90 Å². The Balaban J connectivity index is 2.02. The second kappa shape index (κ2) is 4.76. The Hall–Kier alpha value is -1.91. The summed E-state index contributed by atoms with van der Waals surface area (Å²) in [7, 11) is 0. The molecule has 1 unspecified atom stereocenters. The van der Waals surface area contributed by atoms with E-state index in [9.17, 15) is 9.59 Å². The number of carbonyl (C=O) groups is 2. The molecule has 1 fully saturated rings. The van der Waals surface area contributed by atoms with Gasteiger partial charge in [-0.25, -0.2) is 9.69 Å². The number of hydrogen-bond acceptors (Lipinski definition) is 4. The molecule has 0 aliphatic carbocycles. The van der Waals surface area contributed by atoms with Gasteiger partial charge in [0.1, 0.15) is 0 Å². The molecule has 5 nitrogen and oxygen atoms in total. The maximum atomic E-state index is 12.1. The molecular weight excluding hydrogens is 232 g/mol. The number of ether oxygens (including phenoxy) is 1. The quantitative estimate of drug-likeness (QED) is 0.814. The van der Waals surface area contributed by atoms with Crippen molar-refractivity contribution in [3.63, 3.8) is 0 Å². The minimum Gasteiger partial charge on any atom is -0.433 e. The van der Waals surface area contributed by atoms with Crippen LogP contribution in [0.5, 0.6) is 0 Å². The van der Waals surface area contributed by atoms with E-state index in [0.29, 0.717) is 19.4 Å². The number of amides is 2. The largest absolute Gasteiger partial charge is 0.433 e. The third-order valence-electron chi connectivity index (χ3n) is 3.28. The van der Waals surface area contributed by atoms with E-state index >= 15 is 0 Å². The lowest BCUT2D eigenvalue weighted by molar-refractivity contribution is -0.135. The van der Waals surface area contributed by atoms with E-state index in [2.05, 4.69) is 4.98 Å². The molecule has 96 valence electrons. The molecule has 1 saturated heterocycles. The van der Waals surface area contributed by atoms with E-state index in [1.807, 2.05) is 19.1 Å². The molecule has 1 aliphatic rings. The fraction of sp³-hybridized carbons (Fsp3) is 0.462. The number of hydrogen-bond donors (Lipinski definition) is 0. The SMILES string of the molecule is CCC1(C)OC(=O)N(CCc2ccncc2)C1=O. The Bertz CT molecular complexity index is 461. The number of imide groups is 1. The van der Waals surface area contributed by atoms with Crippen LogP contribution in [0, 0.1) is 0 Å². The van der Waals surface area contributed by atoms with Crippen molar-refractivity contribution in [1.82, 2.24) is 9.88 Å². The van der Waals surface area contributed by atoms with Gasteiger partial charge >= 0.3 is 6.09 Å². The van der Waals surface area contributed by atoms with Crippen molar-refractivity contribution in [1.29, 1.82) is 0 Å². The number of nitrogens with zero attached hydrogens (tertiary/aromatic N) is 2. The van der Waals surface area contributed by atoms with Crippen LogP contribution < -0.4 is 0 Å². The molecule has 0 aromatic carbocycles. The van der Waals surface area contributed by atoms with Gasteiger partial charge < -0.3 is 4.74 Å². The highest BCUT2D eigenvalue weighted by Gasteiger charge is 2.48. The number of pyridine rings is 1. The Kier molecular flexibility index (Phi) is 3.32. The maximum absolute atomic E-state index is 12.1. The normalized spacial score (nSPS) is 23.3. The first-order chi connectivity index (χ1) is 8.57. The summed E-state index contributed by atoms with van der Waals surface area (Å²) in [6, 6.07) is 3.73. The number of carbonyl (C=O) groups excluding carboxylic acids is 2.